The molecule has 0 bridgehead atoms. The van der Waals surface area contributed by atoms with E-state index in [4.69, 9.17) is 0 Å². The molecule has 7 nitrogen and oxygen atoms in total. The molecule has 1 N–H and O–H groups in total. The second-order valence-corrected chi connectivity index (χ2v) is 9.09. The van der Waals surface area contributed by atoms with Gasteiger partial charge < -0.3 is 5.32 Å². The lowest BCUT2D eigenvalue weighted by Gasteiger charge is -2.25. The second-order valence-electron chi connectivity index (χ2n) is 7.15. The highest BCUT2D eigenvalue weighted by Gasteiger charge is 2.26. The van der Waals surface area contributed by atoms with E-state index in [9.17, 15) is 13.2 Å². The first-order valence-electron chi connectivity index (χ1n) is 9.27. The Morgan fingerprint density at radius 3 is 2.33 bits per heavy atom. The quantitative estimate of drug-likeness (QED) is 0.850. The summed E-state index contributed by atoms with van der Waals surface area (Å²) < 4.78 is 28.7. The third kappa shape index (κ3) is 4.22. The Morgan fingerprint density at radius 1 is 1.11 bits per heavy atom. The molecule has 1 fully saturated rings. The molecule has 0 saturated carbocycles. The van der Waals surface area contributed by atoms with E-state index in [0.717, 1.165) is 25.0 Å². The minimum absolute atomic E-state index is 0.117. The van der Waals surface area contributed by atoms with E-state index in [0.29, 0.717) is 24.5 Å². The molecule has 0 radical (unpaired) electrons. The molecule has 146 valence electrons. The van der Waals surface area contributed by atoms with Crippen LogP contribution in [-0.4, -0.2) is 41.5 Å². The highest BCUT2D eigenvalue weighted by molar-refractivity contribution is 7.89. The van der Waals surface area contributed by atoms with Gasteiger partial charge in [0, 0.05) is 30.8 Å². The van der Waals surface area contributed by atoms with Gasteiger partial charge in [-0.25, -0.2) is 13.1 Å². The topological polar surface area (TPSA) is 84.3 Å². The molecule has 0 aliphatic carbocycles. The lowest BCUT2D eigenvalue weighted by Crippen LogP contribution is -2.35. The van der Waals surface area contributed by atoms with Crippen molar-refractivity contribution in [3.05, 3.63) is 41.6 Å². The van der Waals surface area contributed by atoms with Crippen LogP contribution < -0.4 is 5.32 Å². The van der Waals surface area contributed by atoms with Gasteiger partial charge in [-0.1, -0.05) is 6.42 Å². The number of carbonyl (C=O) groups is 1. The van der Waals surface area contributed by atoms with Crippen LogP contribution in [0.4, 0.5) is 5.82 Å². The van der Waals surface area contributed by atoms with Crippen molar-refractivity contribution < 1.29 is 13.2 Å². The molecule has 0 unspecified atom stereocenters. The van der Waals surface area contributed by atoms with Crippen LogP contribution in [0.5, 0.6) is 0 Å². The number of aromatic nitrogens is 2. The van der Waals surface area contributed by atoms with Gasteiger partial charge in [-0.3, -0.25) is 4.79 Å². The molecular formula is C19H26N4O3S. The number of carbonyl (C=O) groups excluding carboxylic acids is 1. The third-order valence-corrected chi connectivity index (χ3v) is 6.57. The van der Waals surface area contributed by atoms with Gasteiger partial charge in [-0.15, -0.1) is 0 Å². The van der Waals surface area contributed by atoms with Crippen LogP contribution in [0.3, 0.4) is 0 Å². The SMILES string of the molecule is Cc1cc(NC(=O)c2ccc(S(=O)(=O)N3CCCCC3)cc2)n(C(C)C)n1. The number of nitrogens with zero attached hydrogens (tertiary/aromatic N) is 3. The van der Waals surface area contributed by atoms with E-state index in [1.807, 2.05) is 26.8 Å². The van der Waals surface area contributed by atoms with Crippen molar-refractivity contribution in [2.75, 3.05) is 18.4 Å². The second kappa shape index (κ2) is 7.82. The molecule has 1 aliphatic heterocycles. The van der Waals surface area contributed by atoms with Crippen LogP contribution in [0.2, 0.25) is 0 Å². The fraction of sp³-hybridized carbons (Fsp3) is 0.474. The monoisotopic (exact) mass is 390 g/mol. The van der Waals surface area contributed by atoms with Gasteiger partial charge in [0.15, 0.2) is 0 Å². The average Bonchev–Trinajstić information content (AvgIpc) is 3.03. The zero-order valence-corrected chi connectivity index (χ0v) is 16.8. The van der Waals surface area contributed by atoms with Crippen LogP contribution in [0, 0.1) is 6.92 Å². The van der Waals surface area contributed by atoms with Crippen molar-refractivity contribution in [3.63, 3.8) is 0 Å². The van der Waals surface area contributed by atoms with E-state index < -0.39 is 10.0 Å². The molecule has 1 aromatic heterocycles. The van der Waals surface area contributed by atoms with E-state index in [2.05, 4.69) is 10.4 Å². The Hall–Kier alpha value is -2.19. The highest BCUT2D eigenvalue weighted by atomic mass is 32.2. The summed E-state index contributed by atoms with van der Waals surface area (Å²) in [5.41, 5.74) is 1.23. The number of anilines is 1. The molecule has 27 heavy (non-hydrogen) atoms. The predicted octanol–water partition coefficient (Wildman–Crippen LogP) is 3.20. The average molecular weight is 391 g/mol. The normalized spacial score (nSPS) is 15.9. The first-order valence-corrected chi connectivity index (χ1v) is 10.7. The maximum Gasteiger partial charge on any atom is 0.256 e. The van der Waals surface area contributed by atoms with Gasteiger partial charge >= 0.3 is 0 Å². The summed E-state index contributed by atoms with van der Waals surface area (Å²) in [4.78, 5) is 12.8. The number of nitrogens with one attached hydrogen (secondary N) is 1. The molecule has 1 aromatic carbocycles. The number of hydrogen-bond acceptors (Lipinski definition) is 4. The Bertz CT molecular complexity index is 911. The number of piperidine rings is 1. The first kappa shape index (κ1) is 19.6. The lowest BCUT2D eigenvalue weighted by molar-refractivity contribution is 0.102. The van der Waals surface area contributed by atoms with Crippen molar-refractivity contribution in [3.8, 4) is 0 Å². The van der Waals surface area contributed by atoms with Crippen LogP contribution in [-0.2, 0) is 10.0 Å². The van der Waals surface area contributed by atoms with Crippen molar-refractivity contribution in [1.82, 2.24) is 14.1 Å². The molecule has 2 aromatic rings. The predicted molar refractivity (Wildman–Crippen MR) is 104 cm³/mol. The molecule has 1 saturated heterocycles. The van der Waals surface area contributed by atoms with Crippen LogP contribution >= 0.6 is 0 Å². The standard InChI is InChI=1S/C19H26N4O3S/c1-14(2)23-18(13-15(3)21-23)20-19(24)16-7-9-17(10-8-16)27(25,26)22-11-5-4-6-12-22/h7-10,13-14H,4-6,11-12H2,1-3H3,(H,20,24). The van der Waals surface area contributed by atoms with Gasteiger partial charge in [0.1, 0.15) is 5.82 Å². The van der Waals surface area contributed by atoms with E-state index >= 15 is 0 Å². The molecule has 0 atom stereocenters. The summed E-state index contributed by atoms with van der Waals surface area (Å²) in [5, 5.41) is 7.22. The smallest absolute Gasteiger partial charge is 0.256 e. The summed E-state index contributed by atoms with van der Waals surface area (Å²) in [6.45, 7) is 6.96. The number of amides is 1. The number of hydrogen-bond donors (Lipinski definition) is 1. The van der Waals surface area contributed by atoms with Crippen LogP contribution in [0.1, 0.15) is 55.2 Å². The molecule has 3 rings (SSSR count). The van der Waals surface area contributed by atoms with Crippen molar-refractivity contribution in [2.45, 2.75) is 51.0 Å². The van der Waals surface area contributed by atoms with Crippen molar-refractivity contribution in [1.29, 1.82) is 0 Å². The molecule has 8 heteroatoms. The Kier molecular flexibility index (Phi) is 5.67. The largest absolute Gasteiger partial charge is 0.307 e. The summed E-state index contributed by atoms with van der Waals surface area (Å²) in [7, 11) is -3.49. The maximum atomic E-state index is 12.7. The van der Waals surface area contributed by atoms with E-state index in [-0.39, 0.29) is 16.8 Å². The Morgan fingerprint density at radius 2 is 1.74 bits per heavy atom. The Labute approximate surface area is 160 Å². The zero-order chi connectivity index (χ0) is 19.6. The molecular weight excluding hydrogens is 364 g/mol. The maximum absolute atomic E-state index is 12.7. The van der Waals surface area contributed by atoms with Gasteiger partial charge in [-0.05, 0) is 57.9 Å². The molecule has 2 heterocycles. The number of sulfonamides is 1. The van der Waals surface area contributed by atoms with Crippen LogP contribution in [0.25, 0.3) is 0 Å². The van der Waals surface area contributed by atoms with E-state index in [1.54, 1.807) is 16.8 Å². The fourth-order valence-electron chi connectivity index (χ4n) is 3.22. The minimum atomic E-state index is -3.49. The van der Waals surface area contributed by atoms with Crippen LogP contribution in [0.15, 0.2) is 35.2 Å². The minimum Gasteiger partial charge on any atom is -0.307 e. The summed E-state index contributed by atoms with van der Waals surface area (Å²) in [6.07, 6.45) is 2.85. The van der Waals surface area contributed by atoms with Gasteiger partial charge in [0.25, 0.3) is 5.91 Å². The zero-order valence-electron chi connectivity index (χ0n) is 16.0. The van der Waals surface area contributed by atoms with E-state index in [1.165, 1.54) is 16.4 Å². The number of aryl methyl sites for hydroxylation is 1. The summed E-state index contributed by atoms with van der Waals surface area (Å²) >= 11 is 0. The van der Waals surface area contributed by atoms with Crippen molar-refractivity contribution in [2.24, 2.45) is 0 Å². The van der Waals surface area contributed by atoms with Gasteiger partial charge in [0.05, 0.1) is 10.6 Å². The Balaban J connectivity index is 1.76. The first-order chi connectivity index (χ1) is 12.8. The fourth-order valence-corrected chi connectivity index (χ4v) is 4.74. The summed E-state index contributed by atoms with van der Waals surface area (Å²) in [6, 6.07) is 8.04. The van der Waals surface area contributed by atoms with Gasteiger partial charge in [-0.2, -0.15) is 9.40 Å². The highest BCUT2D eigenvalue weighted by Crippen LogP contribution is 2.22. The number of rotatable bonds is 5. The molecule has 1 amide bonds. The van der Waals surface area contributed by atoms with Gasteiger partial charge in [0.2, 0.25) is 10.0 Å². The molecule has 0 spiro atoms. The number of benzene rings is 1. The summed E-state index contributed by atoms with van der Waals surface area (Å²) in [5.74, 6) is 0.330. The van der Waals surface area contributed by atoms with Crippen molar-refractivity contribution >= 4 is 21.7 Å². The molecule has 1 aliphatic rings. The lowest BCUT2D eigenvalue weighted by atomic mass is 10.2. The third-order valence-electron chi connectivity index (χ3n) is 4.66.